The smallest absolute Gasteiger partial charge is 0.226 e. The van der Waals surface area contributed by atoms with Gasteiger partial charge in [0.15, 0.2) is 0 Å². The van der Waals surface area contributed by atoms with E-state index in [1.807, 2.05) is 36.5 Å². The minimum atomic E-state index is 0.284. The fraction of sp³-hybridized carbons (Fsp3) is 0.625. The van der Waals surface area contributed by atoms with Crippen LogP contribution in [0.25, 0.3) is 0 Å². The van der Waals surface area contributed by atoms with Gasteiger partial charge in [-0.15, -0.1) is 0 Å². The van der Waals surface area contributed by atoms with Gasteiger partial charge in [0.25, 0.3) is 0 Å². The number of likely N-dealkylation sites (N-methyl/N-ethyl adjacent to an activating group) is 1. The highest BCUT2D eigenvalue weighted by molar-refractivity contribution is 5.82. The summed E-state index contributed by atoms with van der Waals surface area (Å²) in [7, 11) is 1.94. The van der Waals surface area contributed by atoms with E-state index < -0.39 is 0 Å². The lowest BCUT2D eigenvalue weighted by Crippen LogP contribution is -2.35. The van der Waals surface area contributed by atoms with Crippen LogP contribution >= 0.6 is 0 Å². The summed E-state index contributed by atoms with van der Waals surface area (Å²) in [5, 5.41) is 3.38. The van der Waals surface area contributed by atoms with E-state index >= 15 is 0 Å². The van der Waals surface area contributed by atoms with Gasteiger partial charge in [0.2, 0.25) is 5.91 Å². The zero-order chi connectivity index (χ0) is 14.0. The molecule has 2 fully saturated rings. The van der Waals surface area contributed by atoms with Crippen molar-refractivity contribution in [1.82, 2.24) is 15.2 Å². The lowest BCUT2D eigenvalue weighted by atomic mass is 9.91. The summed E-state index contributed by atoms with van der Waals surface area (Å²) >= 11 is 0. The first-order valence-electron chi connectivity index (χ1n) is 7.56. The average Bonchev–Trinajstić information content (AvgIpc) is 3.19. The molecule has 1 saturated heterocycles. The van der Waals surface area contributed by atoms with Crippen molar-refractivity contribution in [1.29, 1.82) is 0 Å². The van der Waals surface area contributed by atoms with Gasteiger partial charge in [0.05, 0.1) is 0 Å². The molecule has 1 N–H and O–H groups in total. The number of carbonyl (C=O) groups is 1. The molecule has 1 unspecified atom stereocenters. The molecule has 1 atom stereocenters. The van der Waals surface area contributed by atoms with Gasteiger partial charge in [0, 0.05) is 31.9 Å². The summed E-state index contributed by atoms with van der Waals surface area (Å²) in [6.07, 6.45) is 7.96. The summed E-state index contributed by atoms with van der Waals surface area (Å²) < 4.78 is 0. The normalized spacial score (nSPS) is 23.6. The van der Waals surface area contributed by atoms with E-state index in [-0.39, 0.29) is 5.92 Å². The molecule has 1 aliphatic heterocycles. The van der Waals surface area contributed by atoms with Crippen molar-refractivity contribution in [3.05, 3.63) is 30.1 Å². The molecule has 0 aromatic carbocycles. The van der Waals surface area contributed by atoms with Crippen LogP contribution < -0.4 is 5.32 Å². The molecule has 0 radical (unpaired) electrons. The average molecular weight is 273 g/mol. The van der Waals surface area contributed by atoms with Gasteiger partial charge in [-0.2, -0.15) is 0 Å². The third kappa shape index (κ3) is 2.70. The van der Waals surface area contributed by atoms with Gasteiger partial charge in [-0.3, -0.25) is 9.78 Å². The molecule has 108 valence electrons. The predicted molar refractivity (Wildman–Crippen MR) is 78.2 cm³/mol. The molecule has 1 aromatic heterocycles. The topological polar surface area (TPSA) is 45.2 Å². The van der Waals surface area contributed by atoms with Gasteiger partial charge in [-0.05, 0) is 61.9 Å². The number of rotatable bonds is 4. The van der Waals surface area contributed by atoms with E-state index in [2.05, 4.69) is 10.3 Å². The van der Waals surface area contributed by atoms with Crippen LogP contribution in [0.3, 0.4) is 0 Å². The first-order chi connectivity index (χ1) is 9.71. The number of carbonyl (C=O) groups excluding carboxylic acids is 1. The molecular formula is C16H23N3O. The molecule has 1 saturated carbocycles. The molecule has 2 heterocycles. The number of nitrogens with zero attached hydrogens (tertiary/aromatic N) is 2. The molecule has 1 aromatic rings. The molecule has 1 spiro atoms. The summed E-state index contributed by atoms with van der Waals surface area (Å²) in [5.74, 6) is 0.632. The Labute approximate surface area is 120 Å². The molecule has 4 heteroatoms. The van der Waals surface area contributed by atoms with E-state index in [0.29, 0.717) is 11.3 Å². The quantitative estimate of drug-likeness (QED) is 0.903. The molecule has 3 rings (SSSR count). The third-order valence-electron chi connectivity index (χ3n) is 4.95. The molecule has 4 nitrogen and oxygen atoms in total. The summed E-state index contributed by atoms with van der Waals surface area (Å²) in [6, 6.07) is 4.04. The number of pyridine rings is 1. The summed E-state index contributed by atoms with van der Waals surface area (Å²) in [4.78, 5) is 18.4. The zero-order valence-electron chi connectivity index (χ0n) is 12.1. The number of aromatic nitrogens is 1. The summed E-state index contributed by atoms with van der Waals surface area (Å²) in [5.41, 5.74) is 1.58. The molecule has 1 aliphatic carbocycles. The van der Waals surface area contributed by atoms with Crippen LogP contribution in [0.5, 0.6) is 0 Å². The van der Waals surface area contributed by atoms with Gasteiger partial charge in [-0.1, -0.05) is 0 Å². The number of hydrogen-bond acceptors (Lipinski definition) is 3. The highest BCUT2D eigenvalue weighted by Crippen LogP contribution is 2.59. The molecule has 0 bridgehead atoms. The van der Waals surface area contributed by atoms with Gasteiger partial charge in [0.1, 0.15) is 0 Å². The van der Waals surface area contributed by atoms with E-state index in [0.717, 1.165) is 32.5 Å². The number of piperidine rings is 1. The van der Waals surface area contributed by atoms with Crippen molar-refractivity contribution in [2.45, 2.75) is 25.7 Å². The van der Waals surface area contributed by atoms with Gasteiger partial charge in [-0.25, -0.2) is 0 Å². The van der Waals surface area contributed by atoms with Crippen molar-refractivity contribution >= 4 is 5.91 Å². The lowest BCUT2D eigenvalue weighted by Gasteiger charge is -2.25. The Balaban J connectivity index is 1.50. The Morgan fingerprint density at radius 2 is 2.10 bits per heavy atom. The second-order valence-electron chi connectivity index (χ2n) is 6.23. The SMILES string of the molecule is CN(CCc1ccncc1)C(=O)C1CC12CCNCC2. The predicted octanol–water partition coefficient (Wildman–Crippen LogP) is 1.47. The van der Waals surface area contributed by atoms with Crippen molar-refractivity contribution in [2.24, 2.45) is 11.3 Å². The maximum absolute atomic E-state index is 12.5. The second kappa shape index (κ2) is 5.52. The zero-order valence-corrected chi connectivity index (χ0v) is 12.1. The highest BCUT2D eigenvalue weighted by Gasteiger charge is 2.58. The first kappa shape index (κ1) is 13.6. The van der Waals surface area contributed by atoms with E-state index in [1.54, 1.807) is 0 Å². The second-order valence-corrected chi connectivity index (χ2v) is 6.23. The number of nitrogens with one attached hydrogen (secondary N) is 1. The maximum atomic E-state index is 12.5. The van der Waals surface area contributed by atoms with Crippen LogP contribution in [0.4, 0.5) is 0 Å². The van der Waals surface area contributed by atoms with Crippen molar-refractivity contribution < 1.29 is 4.79 Å². The summed E-state index contributed by atoms with van der Waals surface area (Å²) in [6.45, 7) is 2.95. The largest absolute Gasteiger partial charge is 0.345 e. The first-order valence-corrected chi connectivity index (χ1v) is 7.56. The minimum absolute atomic E-state index is 0.284. The Hall–Kier alpha value is -1.42. The number of hydrogen-bond donors (Lipinski definition) is 1. The van der Waals surface area contributed by atoms with Gasteiger partial charge < -0.3 is 10.2 Å². The van der Waals surface area contributed by atoms with Crippen LogP contribution in [0, 0.1) is 11.3 Å². The maximum Gasteiger partial charge on any atom is 0.226 e. The Morgan fingerprint density at radius 3 is 2.80 bits per heavy atom. The van der Waals surface area contributed by atoms with Crippen molar-refractivity contribution in [2.75, 3.05) is 26.7 Å². The van der Waals surface area contributed by atoms with Crippen LogP contribution in [-0.2, 0) is 11.2 Å². The lowest BCUT2D eigenvalue weighted by molar-refractivity contribution is -0.132. The standard InChI is InChI=1S/C16H23N3O/c1-19(11-4-13-2-7-17-8-3-13)15(20)14-12-16(14)5-9-18-10-6-16/h2-3,7-8,14,18H,4-6,9-12H2,1H3. The fourth-order valence-electron chi connectivity index (χ4n) is 3.40. The van der Waals surface area contributed by atoms with E-state index in [1.165, 1.54) is 18.4 Å². The van der Waals surface area contributed by atoms with E-state index in [4.69, 9.17) is 0 Å². The van der Waals surface area contributed by atoms with Crippen molar-refractivity contribution in [3.8, 4) is 0 Å². The fourth-order valence-corrected chi connectivity index (χ4v) is 3.40. The highest BCUT2D eigenvalue weighted by atomic mass is 16.2. The Morgan fingerprint density at radius 1 is 1.40 bits per heavy atom. The molecule has 2 aliphatic rings. The van der Waals surface area contributed by atoms with Crippen molar-refractivity contribution in [3.63, 3.8) is 0 Å². The minimum Gasteiger partial charge on any atom is -0.345 e. The Bertz CT molecular complexity index is 468. The number of amides is 1. The molecule has 20 heavy (non-hydrogen) atoms. The van der Waals surface area contributed by atoms with E-state index in [9.17, 15) is 4.79 Å². The van der Waals surface area contributed by atoms with Crippen LogP contribution in [0.1, 0.15) is 24.8 Å². The van der Waals surface area contributed by atoms with Crippen LogP contribution in [0.15, 0.2) is 24.5 Å². The van der Waals surface area contributed by atoms with Crippen LogP contribution in [0.2, 0.25) is 0 Å². The van der Waals surface area contributed by atoms with Gasteiger partial charge >= 0.3 is 0 Å². The van der Waals surface area contributed by atoms with Crippen LogP contribution in [-0.4, -0.2) is 42.5 Å². The Kier molecular flexibility index (Phi) is 3.74. The monoisotopic (exact) mass is 273 g/mol. The third-order valence-corrected chi connectivity index (χ3v) is 4.95. The molecular weight excluding hydrogens is 250 g/mol. The molecule has 1 amide bonds.